The van der Waals surface area contributed by atoms with Crippen molar-refractivity contribution in [2.45, 2.75) is 73.0 Å². The highest BCUT2D eigenvalue weighted by molar-refractivity contribution is 5.77. The number of carbonyl (C=O) groups is 1. The van der Waals surface area contributed by atoms with Crippen LogP contribution < -0.4 is 5.32 Å². The van der Waals surface area contributed by atoms with Crippen LogP contribution in [0.15, 0.2) is 48.5 Å². The van der Waals surface area contributed by atoms with E-state index in [0.717, 1.165) is 47.8 Å². The molecule has 5 rings (SSSR count). The van der Waals surface area contributed by atoms with Gasteiger partial charge in [0.2, 0.25) is 5.91 Å². The molecule has 0 saturated carbocycles. The molecule has 0 bridgehead atoms. The third-order valence-corrected chi connectivity index (χ3v) is 7.60. The van der Waals surface area contributed by atoms with Crippen LogP contribution in [0, 0.1) is 13.8 Å². The lowest BCUT2D eigenvalue weighted by Gasteiger charge is -2.18. The Hall–Kier alpha value is -3.51. The third-order valence-electron chi connectivity index (χ3n) is 7.60. The lowest BCUT2D eigenvalue weighted by atomic mass is 9.96. The Morgan fingerprint density at radius 3 is 2.37 bits per heavy atom. The van der Waals surface area contributed by atoms with Gasteiger partial charge in [0.1, 0.15) is 11.3 Å². The summed E-state index contributed by atoms with van der Waals surface area (Å²) in [6, 6.07) is 17.7. The third kappa shape index (κ3) is 5.65. The number of nitrogens with one attached hydrogen (secondary N) is 1. The van der Waals surface area contributed by atoms with Crippen LogP contribution in [0.2, 0.25) is 0 Å². The molecule has 38 heavy (non-hydrogen) atoms. The summed E-state index contributed by atoms with van der Waals surface area (Å²) in [5, 5.41) is 3.06. The lowest BCUT2D eigenvalue weighted by molar-refractivity contribution is -0.120. The number of benzene rings is 2. The number of aromatic nitrogens is 3. The van der Waals surface area contributed by atoms with Crippen molar-refractivity contribution < 1.29 is 4.79 Å². The monoisotopic (exact) mass is 509 g/mol. The maximum atomic E-state index is 12.0. The van der Waals surface area contributed by atoms with Gasteiger partial charge in [-0.05, 0) is 85.3 Å². The van der Waals surface area contributed by atoms with E-state index >= 15 is 0 Å². The average Bonchev–Trinajstić information content (AvgIpc) is 3.56. The van der Waals surface area contributed by atoms with E-state index < -0.39 is 0 Å². The maximum absolute atomic E-state index is 12.0. The van der Waals surface area contributed by atoms with Gasteiger partial charge in [-0.3, -0.25) is 9.69 Å². The molecule has 3 heterocycles. The molecular formula is C32H39N5O. The van der Waals surface area contributed by atoms with Crippen LogP contribution in [0.5, 0.6) is 0 Å². The van der Waals surface area contributed by atoms with E-state index in [4.69, 9.17) is 9.97 Å². The Morgan fingerprint density at radius 2 is 1.66 bits per heavy atom. The Balaban J connectivity index is 1.44. The second-order valence-electron chi connectivity index (χ2n) is 10.5. The molecule has 1 saturated heterocycles. The normalized spacial score (nSPS) is 13.9. The highest BCUT2D eigenvalue weighted by Gasteiger charge is 2.16. The summed E-state index contributed by atoms with van der Waals surface area (Å²) in [7, 11) is 0. The fourth-order valence-corrected chi connectivity index (χ4v) is 5.52. The molecule has 2 aromatic carbocycles. The Labute approximate surface area is 226 Å². The van der Waals surface area contributed by atoms with Gasteiger partial charge in [0.05, 0.1) is 6.54 Å². The number of carbonyl (C=O) groups excluding carboxylic acids is 1. The van der Waals surface area contributed by atoms with Gasteiger partial charge in [0, 0.05) is 31.6 Å². The molecule has 1 N–H and O–H groups in total. The van der Waals surface area contributed by atoms with E-state index in [1.54, 1.807) is 0 Å². The molecule has 4 aromatic rings. The van der Waals surface area contributed by atoms with Crippen LogP contribution in [0.3, 0.4) is 0 Å². The van der Waals surface area contributed by atoms with Crippen molar-refractivity contribution in [2.24, 2.45) is 0 Å². The van der Waals surface area contributed by atoms with Gasteiger partial charge in [-0.2, -0.15) is 0 Å². The van der Waals surface area contributed by atoms with E-state index in [-0.39, 0.29) is 5.91 Å². The first kappa shape index (κ1) is 26.1. The van der Waals surface area contributed by atoms with Crippen LogP contribution in [-0.4, -0.2) is 38.4 Å². The molecule has 1 amide bonds. The smallest absolute Gasteiger partial charge is 0.219 e. The van der Waals surface area contributed by atoms with Gasteiger partial charge >= 0.3 is 0 Å². The molecule has 1 aliphatic rings. The second kappa shape index (κ2) is 11.5. The number of amides is 1. The molecule has 0 atom stereocenters. The Bertz CT molecular complexity index is 1430. The number of pyridine rings is 1. The molecule has 2 aromatic heterocycles. The summed E-state index contributed by atoms with van der Waals surface area (Å²) < 4.78 is 2.26. The summed E-state index contributed by atoms with van der Waals surface area (Å²) >= 11 is 0. The molecule has 0 spiro atoms. The number of hydrogen-bond acceptors (Lipinski definition) is 4. The van der Waals surface area contributed by atoms with Crippen molar-refractivity contribution in [1.29, 1.82) is 0 Å². The van der Waals surface area contributed by atoms with Gasteiger partial charge in [-0.1, -0.05) is 50.2 Å². The number of hydrogen-bond donors (Lipinski definition) is 1. The molecule has 0 radical (unpaired) electrons. The summed E-state index contributed by atoms with van der Waals surface area (Å²) in [6.45, 7) is 12.8. The molecule has 0 aliphatic carbocycles. The van der Waals surface area contributed by atoms with Crippen LogP contribution in [-0.2, 0) is 30.8 Å². The molecule has 0 unspecified atom stereocenters. The van der Waals surface area contributed by atoms with Crippen molar-refractivity contribution >= 4 is 17.1 Å². The van der Waals surface area contributed by atoms with E-state index in [9.17, 15) is 4.79 Å². The first-order chi connectivity index (χ1) is 18.4. The zero-order chi connectivity index (χ0) is 26.6. The van der Waals surface area contributed by atoms with Crippen LogP contribution in [0.1, 0.15) is 66.9 Å². The molecule has 6 heteroatoms. The number of fused-ring (bicyclic) bond motifs is 1. The van der Waals surface area contributed by atoms with Gasteiger partial charge in [-0.25, -0.2) is 9.97 Å². The minimum atomic E-state index is 0.0748. The number of rotatable bonds is 9. The molecule has 198 valence electrons. The van der Waals surface area contributed by atoms with Crippen molar-refractivity contribution in [1.82, 2.24) is 24.8 Å². The quantitative estimate of drug-likeness (QED) is 0.303. The lowest BCUT2D eigenvalue weighted by Crippen LogP contribution is -2.22. The van der Waals surface area contributed by atoms with Crippen LogP contribution >= 0.6 is 0 Å². The molecule has 6 nitrogen and oxygen atoms in total. The minimum absolute atomic E-state index is 0.0748. The van der Waals surface area contributed by atoms with Crippen LogP contribution in [0.25, 0.3) is 22.3 Å². The Morgan fingerprint density at radius 1 is 0.921 bits per heavy atom. The average molecular weight is 510 g/mol. The zero-order valence-corrected chi connectivity index (χ0v) is 23.2. The van der Waals surface area contributed by atoms with Crippen molar-refractivity contribution in [3.05, 3.63) is 82.3 Å². The van der Waals surface area contributed by atoms with E-state index in [2.05, 4.69) is 77.2 Å². The summed E-state index contributed by atoms with van der Waals surface area (Å²) in [5.74, 6) is 1.14. The molecular weight excluding hydrogens is 470 g/mol. The zero-order valence-electron chi connectivity index (χ0n) is 23.2. The molecule has 1 aliphatic heterocycles. The van der Waals surface area contributed by atoms with Gasteiger partial charge in [-0.15, -0.1) is 0 Å². The van der Waals surface area contributed by atoms with E-state index in [1.165, 1.54) is 53.7 Å². The van der Waals surface area contributed by atoms with Gasteiger partial charge in [0.15, 0.2) is 5.65 Å². The summed E-state index contributed by atoms with van der Waals surface area (Å²) in [6.07, 6.45) is 3.93. The maximum Gasteiger partial charge on any atom is 0.219 e. The first-order valence-corrected chi connectivity index (χ1v) is 14.0. The number of likely N-dealkylation sites (tertiary alicyclic amines) is 1. The highest BCUT2D eigenvalue weighted by Crippen LogP contribution is 2.28. The van der Waals surface area contributed by atoms with E-state index in [0.29, 0.717) is 13.0 Å². The van der Waals surface area contributed by atoms with Crippen LogP contribution in [0.4, 0.5) is 0 Å². The largest absolute Gasteiger partial charge is 0.352 e. The fraction of sp³-hybridized carbons (Fsp3) is 0.406. The van der Waals surface area contributed by atoms with Gasteiger partial charge < -0.3 is 9.88 Å². The number of imidazole rings is 1. The Kier molecular flexibility index (Phi) is 7.89. The number of nitrogens with zero attached hydrogens (tertiary/aromatic N) is 4. The highest BCUT2D eigenvalue weighted by atomic mass is 16.1. The topological polar surface area (TPSA) is 63.1 Å². The predicted molar refractivity (Wildman–Crippen MR) is 154 cm³/mol. The van der Waals surface area contributed by atoms with Crippen molar-refractivity contribution in [3.63, 3.8) is 0 Å². The van der Waals surface area contributed by atoms with Crippen molar-refractivity contribution in [3.8, 4) is 11.1 Å². The number of aryl methyl sites for hydroxylation is 3. The molecule has 1 fully saturated rings. The summed E-state index contributed by atoms with van der Waals surface area (Å²) in [4.78, 5) is 24.2. The van der Waals surface area contributed by atoms with Crippen molar-refractivity contribution in [2.75, 3.05) is 13.1 Å². The standard InChI is InChI=1S/C32H39N5O/c1-5-29-35-31-22(3)17-23(4)34-32(31)37(29)21-24-9-12-26(13-10-24)28-18-25(20-36-15-7-8-16-36)11-14-27(28)19-33-30(38)6-2/h9-14,17-18H,5-8,15-16,19-21H2,1-4H3,(H,33,38). The fourth-order valence-electron chi connectivity index (χ4n) is 5.52. The minimum Gasteiger partial charge on any atom is -0.352 e. The summed E-state index contributed by atoms with van der Waals surface area (Å²) in [5.41, 5.74) is 10.2. The van der Waals surface area contributed by atoms with Gasteiger partial charge in [0.25, 0.3) is 0 Å². The predicted octanol–water partition coefficient (Wildman–Crippen LogP) is 5.95. The SMILES string of the molecule is CCC(=O)NCc1ccc(CN2CCCC2)cc1-c1ccc(Cn2c(CC)nc3c(C)cc(C)nc32)cc1. The second-order valence-corrected chi connectivity index (χ2v) is 10.5. The first-order valence-electron chi connectivity index (χ1n) is 14.0. The van der Waals surface area contributed by atoms with E-state index in [1.807, 2.05) is 13.8 Å².